The summed E-state index contributed by atoms with van der Waals surface area (Å²) in [5, 5.41) is 13.9. The van der Waals surface area contributed by atoms with Crippen molar-refractivity contribution in [2.45, 2.75) is 251 Å². The van der Waals surface area contributed by atoms with Crippen LogP contribution in [0.1, 0.15) is 239 Å². The summed E-state index contributed by atoms with van der Waals surface area (Å²) < 4.78 is 23.6. The van der Waals surface area contributed by atoms with Crippen LogP contribution in [0.25, 0.3) is 0 Å². The summed E-state index contributed by atoms with van der Waals surface area (Å²) in [5.41, 5.74) is 0. The van der Waals surface area contributed by atoms with Crippen molar-refractivity contribution in [3.05, 3.63) is 36.5 Å². The molecule has 9 heteroatoms. The largest absolute Gasteiger partial charge is 0.472 e. The summed E-state index contributed by atoms with van der Waals surface area (Å²) >= 11 is 0. The van der Waals surface area contributed by atoms with Gasteiger partial charge in [-0.1, -0.05) is 224 Å². The Kier molecular flexibility index (Phi) is 43.0. The minimum absolute atomic E-state index is 0.0591. The van der Waals surface area contributed by atoms with Crippen molar-refractivity contribution in [3.8, 4) is 0 Å². The van der Waals surface area contributed by atoms with Crippen LogP contribution in [-0.2, 0) is 18.4 Å². The molecule has 0 spiro atoms. The summed E-state index contributed by atoms with van der Waals surface area (Å²) in [5.74, 6) is -0.188. The monoisotopic (exact) mass is 882 g/mol. The summed E-state index contributed by atoms with van der Waals surface area (Å²) in [6.07, 6.45) is 55.1. The molecule has 0 heterocycles. The standard InChI is InChI=1S/C52H101N2O6P/c1-6-8-10-12-14-16-18-20-22-23-24-25-26-27-28-29-30-32-33-35-37-39-41-43-45-51(55)50(49-60-61(57,58)59-48-47-54(3,4)5)53-52(56)46-44-42-40-38-36-34-31-21-19-17-15-13-11-9-7-2/h15,17,19,21,43,45,50-51,55H,6-14,16,18,20,22-42,44,46-49H2,1-5H3,(H-,53,56,57,58)/p+1/b17-15-,21-19-,45-43+. The predicted molar refractivity (Wildman–Crippen MR) is 263 cm³/mol. The number of hydrogen-bond donors (Lipinski definition) is 3. The second-order valence-electron chi connectivity index (χ2n) is 18.9. The molecule has 0 aliphatic carbocycles. The van der Waals surface area contributed by atoms with Gasteiger partial charge in [0, 0.05) is 6.42 Å². The first-order valence-corrected chi connectivity index (χ1v) is 27.4. The third-order valence-corrected chi connectivity index (χ3v) is 12.6. The van der Waals surface area contributed by atoms with Crippen molar-refractivity contribution >= 4 is 13.7 Å². The molecule has 0 aromatic heterocycles. The molecule has 0 aromatic carbocycles. The number of carbonyl (C=O) groups excluding carboxylic acids is 1. The van der Waals surface area contributed by atoms with Gasteiger partial charge in [-0.2, -0.15) is 0 Å². The van der Waals surface area contributed by atoms with Crippen molar-refractivity contribution in [1.29, 1.82) is 0 Å². The Hall–Kier alpha value is -1.28. The van der Waals surface area contributed by atoms with E-state index in [-0.39, 0.29) is 19.1 Å². The Morgan fingerprint density at radius 1 is 0.557 bits per heavy atom. The van der Waals surface area contributed by atoms with Crippen LogP contribution in [-0.4, -0.2) is 73.4 Å². The van der Waals surface area contributed by atoms with Crippen molar-refractivity contribution in [2.75, 3.05) is 40.9 Å². The van der Waals surface area contributed by atoms with Gasteiger partial charge in [0.2, 0.25) is 5.91 Å². The molecule has 0 saturated carbocycles. The lowest BCUT2D eigenvalue weighted by Crippen LogP contribution is -2.45. The zero-order valence-corrected chi connectivity index (χ0v) is 41.8. The van der Waals surface area contributed by atoms with Crippen LogP contribution in [0.2, 0.25) is 0 Å². The van der Waals surface area contributed by atoms with Crippen LogP contribution in [0, 0.1) is 0 Å². The normalized spacial score (nSPS) is 14.4. The van der Waals surface area contributed by atoms with Gasteiger partial charge in [0.15, 0.2) is 0 Å². The van der Waals surface area contributed by atoms with Crippen LogP contribution in [0.4, 0.5) is 0 Å². The molecule has 0 bridgehead atoms. The molecule has 0 rings (SSSR count). The van der Waals surface area contributed by atoms with Gasteiger partial charge >= 0.3 is 7.82 Å². The van der Waals surface area contributed by atoms with Crippen molar-refractivity contribution in [3.63, 3.8) is 0 Å². The quantitative estimate of drug-likeness (QED) is 0.0185. The summed E-state index contributed by atoms with van der Waals surface area (Å²) in [6.45, 7) is 4.79. The lowest BCUT2D eigenvalue weighted by molar-refractivity contribution is -0.870. The minimum Gasteiger partial charge on any atom is -0.387 e. The molecule has 8 nitrogen and oxygen atoms in total. The van der Waals surface area contributed by atoms with E-state index in [9.17, 15) is 19.4 Å². The molecule has 3 atom stereocenters. The number of aliphatic hydroxyl groups excluding tert-OH is 1. The fourth-order valence-electron chi connectivity index (χ4n) is 7.50. The number of likely N-dealkylation sites (N-methyl/N-ethyl adjacent to an activating group) is 1. The van der Waals surface area contributed by atoms with Gasteiger partial charge in [-0.25, -0.2) is 4.57 Å². The number of aliphatic hydroxyl groups is 1. The van der Waals surface area contributed by atoms with E-state index in [2.05, 4.69) is 43.5 Å². The highest BCUT2D eigenvalue weighted by atomic mass is 31.2. The van der Waals surface area contributed by atoms with Crippen molar-refractivity contribution in [2.24, 2.45) is 0 Å². The number of hydrogen-bond acceptors (Lipinski definition) is 5. The van der Waals surface area contributed by atoms with Gasteiger partial charge in [0.1, 0.15) is 13.2 Å². The highest BCUT2D eigenvalue weighted by molar-refractivity contribution is 7.47. The Labute approximate surface area is 378 Å². The summed E-state index contributed by atoms with van der Waals surface area (Å²) in [7, 11) is 1.57. The van der Waals surface area contributed by atoms with Gasteiger partial charge < -0.3 is 19.8 Å². The number of quaternary nitrogens is 1. The van der Waals surface area contributed by atoms with E-state index in [0.29, 0.717) is 17.4 Å². The third kappa shape index (κ3) is 46.5. The number of carbonyl (C=O) groups is 1. The highest BCUT2D eigenvalue weighted by Gasteiger charge is 2.27. The first kappa shape index (κ1) is 59.7. The SMILES string of the molecule is CCCCC/C=C\C=C/CCCCCCCCC(=O)NC(COP(=O)(O)OCC[N+](C)(C)C)C(O)/C=C/CCCCCCCCCCCCCCCCCCCCCCCC. The summed E-state index contributed by atoms with van der Waals surface area (Å²) in [4.78, 5) is 23.2. The van der Waals surface area contributed by atoms with E-state index in [1.807, 2.05) is 27.2 Å². The molecule has 3 unspecified atom stereocenters. The molecule has 3 N–H and O–H groups in total. The molecule has 1 amide bonds. The zero-order chi connectivity index (χ0) is 45.0. The maximum Gasteiger partial charge on any atom is 0.472 e. The topological polar surface area (TPSA) is 105 Å². The number of rotatable bonds is 47. The van der Waals surface area contributed by atoms with Gasteiger partial charge in [-0.15, -0.1) is 0 Å². The van der Waals surface area contributed by atoms with Crippen LogP contribution in [0.5, 0.6) is 0 Å². The minimum atomic E-state index is -4.34. The van der Waals surface area contributed by atoms with E-state index in [0.717, 1.165) is 51.4 Å². The number of phosphoric ester groups is 1. The van der Waals surface area contributed by atoms with E-state index in [1.165, 1.54) is 167 Å². The number of nitrogens with zero attached hydrogens (tertiary/aromatic N) is 1. The van der Waals surface area contributed by atoms with Gasteiger partial charge in [0.25, 0.3) is 0 Å². The van der Waals surface area contributed by atoms with E-state index >= 15 is 0 Å². The van der Waals surface area contributed by atoms with Gasteiger partial charge in [0.05, 0.1) is 39.9 Å². The lowest BCUT2D eigenvalue weighted by Gasteiger charge is -2.25. The molecule has 0 aliphatic heterocycles. The summed E-state index contributed by atoms with van der Waals surface area (Å²) in [6, 6.07) is -0.852. The molecule has 360 valence electrons. The number of allylic oxidation sites excluding steroid dienone is 5. The molecule has 0 aromatic rings. The van der Waals surface area contributed by atoms with Crippen molar-refractivity contribution in [1.82, 2.24) is 5.32 Å². The van der Waals surface area contributed by atoms with Crippen LogP contribution in [0.15, 0.2) is 36.5 Å². The van der Waals surface area contributed by atoms with Crippen LogP contribution < -0.4 is 5.32 Å². The molecule has 0 radical (unpaired) electrons. The maximum atomic E-state index is 12.9. The highest BCUT2D eigenvalue weighted by Crippen LogP contribution is 2.43. The van der Waals surface area contributed by atoms with Gasteiger partial charge in [-0.3, -0.25) is 13.8 Å². The molecule has 61 heavy (non-hydrogen) atoms. The molecular formula is C52H102N2O6P+. The van der Waals surface area contributed by atoms with Crippen molar-refractivity contribution < 1.29 is 32.9 Å². The second-order valence-corrected chi connectivity index (χ2v) is 20.4. The molecular weight excluding hydrogens is 780 g/mol. The van der Waals surface area contributed by atoms with Crippen LogP contribution >= 0.6 is 7.82 Å². The molecule has 0 fully saturated rings. The average Bonchev–Trinajstić information content (AvgIpc) is 3.21. The number of nitrogens with one attached hydrogen (secondary N) is 1. The lowest BCUT2D eigenvalue weighted by atomic mass is 10.0. The first-order chi connectivity index (χ1) is 29.5. The van der Waals surface area contributed by atoms with Crippen LogP contribution in [0.3, 0.4) is 0 Å². The number of unbranched alkanes of at least 4 members (excludes halogenated alkanes) is 31. The Balaban J connectivity index is 4.27. The number of phosphoric acid groups is 1. The fraction of sp³-hybridized carbons (Fsp3) is 0.865. The number of amides is 1. The van der Waals surface area contributed by atoms with Gasteiger partial charge in [-0.05, 0) is 44.9 Å². The van der Waals surface area contributed by atoms with E-state index < -0.39 is 20.0 Å². The van der Waals surface area contributed by atoms with E-state index in [1.54, 1.807) is 6.08 Å². The van der Waals surface area contributed by atoms with E-state index in [4.69, 9.17) is 9.05 Å². The molecule has 0 aliphatic rings. The Morgan fingerprint density at radius 3 is 1.34 bits per heavy atom. The Bertz CT molecular complexity index is 1090. The second kappa shape index (κ2) is 43.9. The zero-order valence-electron chi connectivity index (χ0n) is 40.9. The average molecular weight is 882 g/mol. The Morgan fingerprint density at radius 2 is 0.918 bits per heavy atom. The first-order valence-electron chi connectivity index (χ1n) is 25.9. The molecule has 0 saturated heterocycles. The maximum absolute atomic E-state index is 12.9. The predicted octanol–water partition coefficient (Wildman–Crippen LogP) is 15.0. The third-order valence-electron chi connectivity index (χ3n) is 11.6. The smallest absolute Gasteiger partial charge is 0.387 e. The fourth-order valence-corrected chi connectivity index (χ4v) is 8.24.